The molecule has 0 aromatic heterocycles. The lowest BCUT2D eigenvalue weighted by Gasteiger charge is -2.13. The number of nitriles is 1. The Balaban J connectivity index is 2.55. The molecule has 20 heavy (non-hydrogen) atoms. The summed E-state index contributed by atoms with van der Waals surface area (Å²) in [4.78, 5) is 11.9. The van der Waals surface area contributed by atoms with Gasteiger partial charge in [-0.2, -0.15) is 5.26 Å². The summed E-state index contributed by atoms with van der Waals surface area (Å²) in [5.74, 6) is 0.438. The minimum absolute atomic E-state index is 0.0726. The minimum atomic E-state index is -0.171. The van der Waals surface area contributed by atoms with Crippen molar-refractivity contribution in [2.24, 2.45) is 11.7 Å². The highest BCUT2D eigenvalue weighted by Crippen LogP contribution is 2.18. The summed E-state index contributed by atoms with van der Waals surface area (Å²) in [6.45, 7) is 2.77. The van der Waals surface area contributed by atoms with Gasteiger partial charge in [0.25, 0.3) is 0 Å². The van der Waals surface area contributed by atoms with Gasteiger partial charge < -0.3 is 15.8 Å². The maximum atomic E-state index is 11.9. The Labute approximate surface area is 119 Å². The summed E-state index contributed by atoms with van der Waals surface area (Å²) in [7, 11) is 0. The fraction of sp³-hybridized carbons (Fsp3) is 0.467. The van der Waals surface area contributed by atoms with Crippen LogP contribution in [0.5, 0.6) is 5.75 Å². The van der Waals surface area contributed by atoms with Gasteiger partial charge in [0.2, 0.25) is 5.91 Å². The number of hydrogen-bond donors (Lipinski definition) is 2. The minimum Gasteiger partial charge on any atom is -0.493 e. The quantitative estimate of drug-likeness (QED) is 0.712. The molecule has 0 saturated carbocycles. The van der Waals surface area contributed by atoms with Gasteiger partial charge in [0, 0.05) is 24.7 Å². The smallest absolute Gasteiger partial charge is 0.228 e. The van der Waals surface area contributed by atoms with E-state index in [2.05, 4.69) is 11.4 Å². The lowest BCUT2D eigenvalue weighted by atomic mass is 10.1. The molecule has 0 aliphatic heterocycles. The van der Waals surface area contributed by atoms with Gasteiger partial charge in [0.15, 0.2) is 0 Å². The second-order valence-corrected chi connectivity index (χ2v) is 4.47. The number of nitrogens with zero attached hydrogens (tertiary/aromatic N) is 1. The maximum Gasteiger partial charge on any atom is 0.228 e. The number of carbonyl (C=O) groups is 1. The first-order valence-electron chi connectivity index (χ1n) is 6.82. The zero-order valence-electron chi connectivity index (χ0n) is 11.8. The summed E-state index contributed by atoms with van der Waals surface area (Å²) in [6, 6.07) is 9.29. The SMILES string of the molecule is CCC(CN)C(=O)Nc1cccc(OCCCC#N)c1. The van der Waals surface area contributed by atoms with Crippen molar-refractivity contribution in [1.29, 1.82) is 5.26 Å². The second kappa shape index (κ2) is 8.94. The molecule has 5 heteroatoms. The molecule has 0 saturated heterocycles. The van der Waals surface area contributed by atoms with E-state index < -0.39 is 0 Å². The van der Waals surface area contributed by atoms with Crippen LogP contribution in [-0.4, -0.2) is 19.1 Å². The van der Waals surface area contributed by atoms with E-state index in [9.17, 15) is 4.79 Å². The summed E-state index contributed by atoms with van der Waals surface area (Å²) in [5, 5.41) is 11.3. The molecule has 0 aliphatic carbocycles. The van der Waals surface area contributed by atoms with E-state index in [1.165, 1.54) is 0 Å². The summed E-state index contributed by atoms with van der Waals surface area (Å²) in [5.41, 5.74) is 6.24. The van der Waals surface area contributed by atoms with Crippen molar-refractivity contribution in [3.8, 4) is 11.8 Å². The van der Waals surface area contributed by atoms with Crippen LogP contribution in [0.15, 0.2) is 24.3 Å². The summed E-state index contributed by atoms with van der Waals surface area (Å²) < 4.78 is 5.52. The van der Waals surface area contributed by atoms with Gasteiger partial charge in [-0.05, 0) is 25.0 Å². The van der Waals surface area contributed by atoms with Gasteiger partial charge in [-0.1, -0.05) is 13.0 Å². The number of amides is 1. The van der Waals surface area contributed by atoms with Crippen molar-refractivity contribution >= 4 is 11.6 Å². The van der Waals surface area contributed by atoms with Gasteiger partial charge in [-0.25, -0.2) is 0 Å². The lowest BCUT2D eigenvalue weighted by Crippen LogP contribution is -2.28. The number of benzene rings is 1. The van der Waals surface area contributed by atoms with E-state index in [-0.39, 0.29) is 11.8 Å². The fourth-order valence-corrected chi connectivity index (χ4v) is 1.71. The molecule has 0 fully saturated rings. The number of carbonyl (C=O) groups excluding carboxylic acids is 1. The highest BCUT2D eigenvalue weighted by Gasteiger charge is 2.14. The molecule has 0 radical (unpaired) electrons. The van der Waals surface area contributed by atoms with Gasteiger partial charge in [0.05, 0.1) is 18.6 Å². The molecule has 1 rings (SSSR count). The molecule has 108 valence electrons. The average molecular weight is 275 g/mol. The van der Waals surface area contributed by atoms with Crippen LogP contribution >= 0.6 is 0 Å². The van der Waals surface area contributed by atoms with Crippen LogP contribution in [0.25, 0.3) is 0 Å². The van der Waals surface area contributed by atoms with E-state index in [4.69, 9.17) is 15.7 Å². The molecule has 1 atom stereocenters. The number of rotatable bonds is 8. The maximum absolute atomic E-state index is 11.9. The molecule has 3 N–H and O–H groups in total. The zero-order chi connectivity index (χ0) is 14.8. The Hall–Kier alpha value is -2.06. The molecule has 0 heterocycles. The molecular formula is C15H21N3O2. The van der Waals surface area contributed by atoms with Crippen molar-refractivity contribution < 1.29 is 9.53 Å². The summed E-state index contributed by atoms with van der Waals surface area (Å²) in [6.07, 6.45) is 1.88. The second-order valence-electron chi connectivity index (χ2n) is 4.47. The molecule has 5 nitrogen and oxygen atoms in total. The van der Waals surface area contributed by atoms with Gasteiger partial charge in [-0.15, -0.1) is 0 Å². The number of hydrogen-bond acceptors (Lipinski definition) is 4. The monoisotopic (exact) mass is 275 g/mol. The first kappa shape index (κ1) is 16.0. The van der Waals surface area contributed by atoms with Crippen molar-refractivity contribution in [1.82, 2.24) is 0 Å². The molecular weight excluding hydrogens is 254 g/mol. The van der Waals surface area contributed by atoms with Crippen molar-refractivity contribution in [2.75, 3.05) is 18.5 Å². The van der Waals surface area contributed by atoms with Crippen molar-refractivity contribution in [2.45, 2.75) is 26.2 Å². The van der Waals surface area contributed by atoms with Crippen molar-refractivity contribution in [3.63, 3.8) is 0 Å². The van der Waals surface area contributed by atoms with Gasteiger partial charge in [-0.3, -0.25) is 4.79 Å². The van der Waals surface area contributed by atoms with Crippen LogP contribution in [0, 0.1) is 17.2 Å². The highest BCUT2D eigenvalue weighted by atomic mass is 16.5. The van der Waals surface area contributed by atoms with Crippen LogP contribution in [0.3, 0.4) is 0 Å². The molecule has 0 spiro atoms. The number of nitrogens with two attached hydrogens (primary N) is 1. The molecule has 1 unspecified atom stereocenters. The van der Waals surface area contributed by atoms with E-state index in [1.54, 1.807) is 6.07 Å². The predicted octanol–water partition coefficient (Wildman–Crippen LogP) is 2.29. The first-order chi connectivity index (χ1) is 9.71. The van der Waals surface area contributed by atoms with E-state index in [1.807, 2.05) is 25.1 Å². The Bertz CT molecular complexity index is 464. The molecule has 0 aliphatic rings. The molecule has 1 aromatic rings. The highest BCUT2D eigenvalue weighted by molar-refractivity contribution is 5.92. The third-order valence-corrected chi connectivity index (χ3v) is 2.95. The van der Waals surface area contributed by atoms with Crippen molar-refractivity contribution in [3.05, 3.63) is 24.3 Å². The third kappa shape index (κ3) is 5.29. The predicted molar refractivity (Wildman–Crippen MR) is 78.2 cm³/mol. The van der Waals surface area contributed by atoms with Crippen LogP contribution < -0.4 is 15.8 Å². The van der Waals surface area contributed by atoms with Crippen LogP contribution in [0.2, 0.25) is 0 Å². The largest absolute Gasteiger partial charge is 0.493 e. The van der Waals surface area contributed by atoms with E-state index in [0.29, 0.717) is 43.9 Å². The van der Waals surface area contributed by atoms with Gasteiger partial charge in [0.1, 0.15) is 5.75 Å². The number of nitrogens with one attached hydrogen (secondary N) is 1. The Morgan fingerprint density at radius 3 is 3.00 bits per heavy atom. The summed E-state index contributed by atoms with van der Waals surface area (Å²) >= 11 is 0. The number of unbranched alkanes of at least 4 members (excludes halogenated alkanes) is 1. The third-order valence-electron chi connectivity index (χ3n) is 2.95. The Morgan fingerprint density at radius 1 is 1.55 bits per heavy atom. The Kier molecular flexibility index (Phi) is 7.15. The average Bonchev–Trinajstić information content (AvgIpc) is 2.45. The topological polar surface area (TPSA) is 88.1 Å². The molecule has 1 aromatic carbocycles. The van der Waals surface area contributed by atoms with E-state index >= 15 is 0 Å². The standard InChI is InChI=1S/C15H21N3O2/c1-2-12(11-17)15(19)18-13-6-5-7-14(10-13)20-9-4-3-8-16/h5-7,10,12H,2-4,9,11,17H2,1H3,(H,18,19). The molecule has 0 bridgehead atoms. The van der Waals surface area contributed by atoms with Crippen LogP contribution in [0.1, 0.15) is 26.2 Å². The normalized spacial score (nSPS) is 11.4. The zero-order valence-corrected chi connectivity index (χ0v) is 11.8. The lowest BCUT2D eigenvalue weighted by molar-refractivity contribution is -0.119. The van der Waals surface area contributed by atoms with Gasteiger partial charge >= 0.3 is 0 Å². The number of anilines is 1. The van der Waals surface area contributed by atoms with Crippen LogP contribution in [-0.2, 0) is 4.79 Å². The van der Waals surface area contributed by atoms with Crippen LogP contribution in [0.4, 0.5) is 5.69 Å². The molecule has 1 amide bonds. The fourth-order valence-electron chi connectivity index (χ4n) is 1.71. The Morgan fingerprint density at radius 2 is 2.35 bits per heavy atom. The number of ether oxygens (including phenoxy) is 1. The first-order valence-corrected chi connectivity index (χ1v) is 6.82. The van der Waals surface area contributed by atoms with E-state index in [0.717, 1.165) is 0 Å².